The van der Waals surface area contributed by atoms with E-state index >= 15 is 0 Å². The smallest absolute Gasteiger partial charge is 0.335 e. The number of carboxylic acids is 1. The Morgan fingerprint density at radius 2 is 2.00 bits per heavy atom. The summed E-state index contributed by atoms with van der Waals surface area (Å²) in [5.41, 5.74) is 1.02. The first-order valence-corrected chi connectivity index (χ1v) is 6.06. The highest BCUT2D eigenvalue weighted by Crippen LogP contribution is 2.19. The monoisotopic (exact) mass is 236 g/mol. The number of hydrogen-bond acceptors (Lipinski definition) is 2. The van der Waals surface area contributed by atoms with E-state index in [4.69, 9.17) is 5.11 Å². The molecule has 0 heterocycles. The van der Waals surface area contributed by atoms with Crippen molar-refractivity contribution < 1.29 is 15.0 Å². The molecular formula is C14H20O3. The summed E-state index contributed by atoms with van der Waals surface area (Å²) < 4.78 is 0. The molecule has 0 unspecified atom stereocenters. The molecule has 0 aliphatic carbocycles. The number of aromatic carboxylic acids is 1. The van der Waals surface area contributed by atoms with Crippen molar-refractivity contribution in [2.45, 2.75) is 39.5 Å². The molecule has 0 aliphatic heterocycles. The molecular weight excluding hydrogens is 216 g/mol. The Hall–Kier alpha value is -1.51. The normalized spacial score (nSPS) is 10.8. The van der Waals surface area contributed by atoms with E-state index in [1.165, 1.54) is 12.1 Å². The van der Waals surface area contributed by atoms with E-state index in [0.717, 1.165) is 24.8 Å². The van der Waals surface area contributed by atoms with Gasteiger partial charge in [-0.25, -0.2) is 4.79 Å². The number of phenolic OH excluding ortho intramolecular Hbond substituents is 1. The van der Waals surface area contributed by atoms with Crippen molar-refractivity contribution in [2.24, 2.45) is 5.92 Å². The quantitative estimate of drug-likeness (QED) is 0.744. The van der Waals surface area contributed by atoms with E-state index in [0.29, 0.717) is 17.9 Å². The molecule has 3 nitrogen and oxygen atoms in total. The zero-order valence-corrected chi connectivity index (χ0v) is 10.4. The molecule has 2 N–H and O–H groups in total. The van der Waals surface area contributed by atoms with Gasteiger partial charge in [0.05, 0.1) is 5.56 Å². The van der Waals surface area contributed by atoms with Gasteiger partial charge in [-0.15, -0.1) is 0 Å². The number of hydrogen-bond donors (Lipinski definition) is 2. The molecule has 0 bridgehead atoms. The van der Waals surface area contributed by atoms with E-state index in [2.05, 4.69) is 13.8 Å². The van der Waals surface area contributed by atoms with Crippen molar-refractivity contribution in [3.63, 3.8) is 0 Å². The fraction of sp³-hybridized carbons (Fsp3) is 0.500. The summed E-state index contributed by atoms with van der Waals surface area (Å²) in [6.45, 7) is 4.36. The molecule has 94 valence electrons. The average molecular weight is 236 g/mol. The Bertz CT molecular complexity index is 383. The fourth-order valence-electron chi connectivity index (χ4n) is 1.86. The van der Waals surface area contributed by atoms with Gasteiger partial charge in [-0.05, 0) is 42.5 Å². The summed E-state index contributed by atoms with van der Waals surface area (Å²) in [5.74, 6) is -0.115. The van der Waals surface area contributed by atoms with Gasteiger partial charge < -0.3 is 10.2 Å². The number of benzene rings is 1. The van der Waals surface area contributed by atoms with Crippen LogP contribution < -0.4 is 0 Å². The standard InChI is InChI=1S/C14H20O3/c1-10(2)5-3-4-6-11-9-12(15)7-8-13(11)14(16)17/h7-10,15H,3-6H2,1-2H3,(H,16,17). The number of aryl methyl sites for hydroxylation is 1. The topological polar surface area (TPSA) is 57.5 Å². The first-order chi connectivity index (χ1) is 8.00. The number of rotatable bonds is 6. The zero-order chi connectivity index (χ0) is 12.8. The first kappa shape index (κ1) is 13.6. The number of carbonyl (C=O) groups is 1. The summed E-state index contributed by atoms with van der Waals surface area (Å²) in [6.07, 6.45) is 3.91. The third kappa shape index (κ3) is 4.47. The van der Waals surface area contributed by atoms with Crippen molar-refractivity contribution >= 4 is 5.97 Å². The van der Waals surface area contributed by atoms with Crippen LogP contribution in [0.25, 0.3) is 0 Å². The predicted molar refractivity (Wildman–Crippen MR) is 67.5 cm³/mol. The van der Waals surface area contributed by atoms with Gasteiger partial charge in [-0.2, -0.15) is 0 Å². The van der Waals surface area contributed by atoms with Crippen LogP contribution in [0.3, 0.4) is 0 Å². The third-order valence-corrected chi connectivity index (χ3v) is 2.80. The Labute approximate surface area is 102 Å². The molecule has 0 fully saturated rings. The Balaban J connectivity index is 2.62. The van der Waals surface area contributed by atoms with E-state index in [-0.39, 0.29) is 5.75 Å². The summed E-state index contributed by atoms with van der Waals surface area (Å²) in [4.78, 5) is 11.0. The van der Waals surface area contributed by atoms with Crippen molar-refractivity contribution in [1.82, 2.24) is 0 Å². The van der Waals surface area contributed by atoms with Gasteiger partial charge >= 0.3 is 5.97 Å². The van der Waals surface area contributed by atoms with Crippen LogP contribution in [0.4, 0.5) is 0 Å². The first-order valence-electron chi connectivity index (χ1n) is 6.06. The molecule has 17 heavy (non-hydrogen) atoms. The Morgan fingerprint density at radius 1 is 1.29 bits per heavy atom. The van der Waals surface area contributed by atoms with Crippen molar-refractivity contribution in [2.75, 3.05) is 0 Å². The minimum Gasteiger partial charge on any atom is -0.508 e. The number of phenols is 1. The van der Waals surface area contributed by atoms with Crippen LogP contribution in [0.5, 0.6) is 5.75 Å². The summed E-state index contributed by atoms with van der Waals surface area (Å²) >= 11 is 0. The second-order valence-electron chi connectivity index (χ2n) is 4.79. The van der Waals surface area contributed by atoms with E-state index in [1.54, 1.807) is 6.07 Å². The van der Waals surface area contributed by atoms with Crippen LogP contribution in [0.2, 0.25) is 0 Å². The fourth-order valence-corrected chi connectivity index (χ4v) is 1.86. The van der Waals surface area contributed by atoms with Gasteiger partial charge in [-0.3, -0.25) is 0 Å². The van der Waals surface area contributed by atoms with Crippen molar-refractivity contribution in [3.8, 4) is 5.75 Å². The molecule has 0 spiro atoms. The number of aromatic hydroxyl groups is 1. The maximum Gasteiger partial charge on any atom is 0.335 e. The minimum absolute atomic E-state index is 0.133. The molecule has 1 rings (SSSR count). The maximum atomic E-state index is 11.0. The van der Waals surface area contributed by atoms with Crippen LogP contribution in [0.1, 0.15) is 49.0 Å². The van der Waals surface area contributed by atoms with E-state index in [9.17, 15) is 9.90 Å². The van der Waals surface area contributed by atoms with Crippen molar-refractivity contribution in [3.05, 3.63) is 29.3 Å². The second kappa shape index (κ2) is 6.28. The van der Waals surface area contributed by atoms with Gasteiger partial charge in [0.1, 0.15) is 5.75 Å². The highest BCUT2D eigenvalue weighted by molar-refractivity contribution is 5.89. The predicted octanol–water partition coefficient (Wildman–Crippen LogP) is 3.46. The largest absolute Gasteiger partial charge is 0.508 e. The molecule has 0 aromatic heterocycles. The van der Waals surface area contributed by atoms with Gasteiger partial charge in [-0.1, -0.05) is 26.7 Å². The van der Waals surface area contributed by atoms with Gasteiger partial charge in [0.25, 0.3) is 0 Å². The number of carboxylic acid groups (broad SMARTS) is 1. The summed E-state index contributed by atoms with van der Waals surface area (Å²) in [5, 5.41) is 18.4. The van der Waals surface area contributed by atoms with Crippen LogP contribution in [0.15, 0.2) is 18.2 Å². The Morgan fingerprint density at radius 3 is 2.59 bits per heavy atom. The lowest BCUT2D eigenvalue weighted by Crippen LogP contribution is -2.02. The lowest BCUT2D eigenvalue weighted by atomic mass is 9.99. The van der Waals surface area contributed by atoms with Crippen LogP contribution in [-0.4, -0.2) is 16.2 Å². The van der Waals surface area contributed by atoms with E-state index in [1.807, 2.05) is 0 Å². The van der Waals surface area contributed by atoms with Crippen LogP contribution >= 0.6 is 0 Å². The van der Waals surface area contributed by atoms with Crippen molar-refractivity contribution in [1.29, 1.82) is 0 Å². The van der Waals surface area contributed by atoms with E-state index < -0.39 is 5.97 Å². The molecule has 3 heteroatoms. The molecule has 1 aromatic rings. The lowest BCUT2D eigenvalue weighted by molar-refractivity contribution is 0.0695. The summed E-state index contributed by atoms with van der Waals surface area (Å²) in [7, 11) is 0. The number of unbranched alkanes of at least 4 members (excludes halogenated alkanes) is 1. The molecule has 0 radical (unpaired) electrons. The van der Waals surface area contributed by atoms with Crippen LogP contribution in [0, 0.1) is 5.92 Å². The molecule has 0 atom stereocenters. The molecule has 0 saturated heterocycles. The molecule has 1 aromatic carbocycles. The van der Waals surface area contributed by atoms with Gasteiger partial charge in [0, 0.05) is 0 Å². The Kier molecular flexibility index (Phi) is 5.01. The summed E-state index contributed by atoms with van der Waals surface area (Å²) in [6, 6.07) is 4.44. The average Bonchev–Trinajstić information content (AvgIpc) is 2.23. The highest BCUT2D eigenvalue weighted by atomic mass is 16.4. The zero-order valence-electron chi connectivity index (χ0n) is 10.4. The van der Waals surface area contributed by atoms with Gasteiger partial charge in [0.2, 0.25) is 0 Å². The maximum absolute atomic E-state index is 11.0. The third-order valence-electron chi connectivity index (χ3n) is 2.80. The highest BCUT2D eigenvalue weighted by Gasteiger charge is 2.10. The second-order valence-corrected chi connectivity index (χ2v) is 4.79. The molecule has 0 amide bonds. The molecule has 0 saturated carbocycles. The lowest BCUT2D eigenvalue weighted by Gasteiger charge is -2.08. The SMILES string of the molecule is CC(C)CCCCc1cc(O)ccc1C(=O)O. The minimum atomic E-state index is -0.927. The molecule has 0 aliphatic rings. The van der Waals surface area contributed by atoms with Gasteiger partial charge in [0.15, 0.2) is 0 Å². The van der Waals surface area contributed by atoms with Crippen LogP contribution in [-0.2, 0) is 6.42 Å².